The van der Waals surface area contributed by atoms with E-state index in [4.69, 9.17) is 5.73 Å². The van der Waals surface area contributed by atoms with Crippen LogP contribution in [0, 0.1) is 0 Å². The second-order valence-corrected chi connectivity index (χ2v) is 5.45. The van der Waals surface area contributed by atoms with Crippen LogP contribution in [0.25, 0.3) is 15.8 Å². The number of alkyl halides is 3. The Morgan fingerprint density at radius 2 is 1.81 bits per heavy atom. The summed E-state index contributed by atoms with van der Waals surface area (Å²) in [7, 11) is 0. The van der Waals surface area contributed by atoms with Gasteiger partial charge in [0.15, 0.2) is 0 Å². The summed E-state index contributed by atoms with van der Waals surface area (Å²) in [6, 6.07) is 9.95. The number of hydrogen-bond acceptors (Lipinski definition) is 3. The Balaban J connectivity index is 2.20. The van der Waals surface area contributed by atoms with Gasteiger partial charge in [-0.1, -0.05) is 23.7 Å². The Labute approximate surface area is 121 Å². The van der Waals surface area contributed by atoms with Crippen LogP contribution in [0.2, 0.25) is 0 Å². The summed E-state index contributed by atoms with van der Waals surface area (Å²) in [5, 5.41) is 0.516. The molecule has 3 nitrogen and oxygen atoms in total. The van der Waals surface area contributed by atoms with Crippen LogP contribution < -0.4 is 11.3 Å². The second kappa shape index (κ2) is 4.63. The average Bonchev–Trinajstić information content (AvgIpc) is 2.75. The molecule has 2 N–H and O–H groups in total. The Morgan fingerprint density at radius 3 is 2.43 bits per heavy atom. The van der Waals surface area contributed by atoms with Gasteiger partial charge in [-0.05, 0) is 30.3 Å². The summed E-state index contributed by atoms with van der Waals surface area (Å²) in [6.45, 7) is 0. The molecule has 0 aliphatic rings. The first-order valence-electron chi connectivity index (χ1n) is 5.96. The summed E-state index contributed by atoms with van der Waals surface area (Å²) in [5.74, 6) is 0. The lowest BCUT2D eigenvalue weighted by Gasteiger charge is -2.10. The van der Waals surface area contributed by atoms with Crippen molar-refractivity contribution in [2.24, 2.45) is 0 Å². The quantitative estimate of drug-likeness (QED) is 0.697. The van der Waals surface area contributed by atoms with Crippen molar-refractivity contribution in [1.82, 2.24) is 3.96 Å². The molecule has 0 saturated carbocycles. The summed E-state index contributed by atoms with van der Waals surface area (Å²) >= 11 is 1.15. The van der Waals surface area contributed by atoms with E-state index in [0.717, 1.165) is 28.4 Å². The monoisotopic (exact) mass is 310 g/mol. The van der Waals surface area contributed by atoms with Crippen molar-refractivity contribution in [2.45, 2.75) is 6.18 Å². The van der Waals surface area contributed by atoms with Crippen LogP contribution in [-0.2, 0) is 6.18 Å². The molecular formula is C14H9F3N2OS. The Morgan fingerprint density at radius 1 is 1.10 bits per heavy atom. The number of rotatable bonds is 1. The molecule has 0 saturated heterocycles. The number of nitrogens with zero attached hydrogens (tertiary/aromatic N) is 1. The van der Waals surface area contributed by atoms with E-state index < -0.39 is 11.7 Å². The van der Waals surface area contributed by atoms with Gasteiger partial charge in [0.05, 0.1) is 27.0 Å². The molecule has 0 bridgehead atoms. The molecule has 0 spiro atoms. The molecule has 21 heavy (non-hydrogen) atoms. The minimum absolute atomic E-state index is 0.0847. The van der Waals surface area contributed by atoms with Crippen molar-refractivity contribution in [3.05, 3.63) is 58.4 Å². The molecule has 0 amide bonds. The van der Waals surface area contributed by atoms with Gasteiger partial charge in [-0.15, -0.1) is 0 Å². The maximum Gasteiger partial charge on any atom is 0.416 e. The van der Waals surface area contributed by atoms with Gasteiger partial charge in [0, 0.05) is 0 Å². The maximum absolute atomic E-state index is 12.6. The van der Waals surface area contributed by atoms with Crippen LogP contribution in [0.15, 0.2) is 47.3 Å². The summed E-state index contributed by atoms with van der Waals surface area (Å²) in [6.07, 6.45) is -4.46. The molecule has 2 aromatic carbocycles. The molecule has 0 fully saturated rings. The number of nitrogens with two attached hydrogens (primary N) is 1. The van der Waals surface area contributed by atoms with Crippen molar-refractivity contribution in [3.8, 4) is 5.69 Å². The molecule has 3 aromatic rings. The molecule has 0 atom stereocenters. The molecule has 0 radical (unpaired) electrons. The van der Waals surface area contributed by atoms with Crippen molar-refractivity contribution >= 4 is 27.3 Å². The minimum Gasteiger partial charge on any atom is -0.397 e. The topological polar surface area (TPSA) is 48.0 Å². The van der Waals surface area contributed by atoms with Crippen LogP contribution in [0.3, 0.4) is 0 Å². The van der Waals surface area contributed by atoms with Crippen LogP contribution in [-0.4, -0.2) is 3.96 Å². The van der Waals surface area contributed by atoms with Gasteiger partial charge >= 0.3 is 6.18 Å². The number of halogens is 3. The molecule has 1 heterocycles. The number of fused-ring (bicyclic) bond motifs is 1. The molecule has 3 rings (SSSR count). The summed E-state index contributed by atoms with van der Waals surface area (Å²) < 4.78 is 39.9. The van der Waals surface area contributed by atoms with Gasteiger partial charge in [0.2, 0.25) is 0 Å². The van der Waals surface area contributed by atoms with Gasteiger partial charge in [-0.3, -0.25) is 4.79 Å². The van der Waals surface area contributed by atoms with Gasteiger partial charge < -0.3 is 5.73 Å². The lowest BCUT2D eigenvalue weighted by atomic mass is 10.1. The lowest BCUT2D eigenvalue weighted by molar-refractivity contribution is -0.137. The molecule has 108 valence electrons. The van der Waals surface area contributed by atoms with Gasteiger partial charge in [-0.25, -0.2) is 3.96 Å². The summed E-state index contributed by atoms with van der Waals surface area (Å²) in [4.78, 5) is 12.3. The zero-order valence-electron chi connectivity index (χ0n) is 10.5. The van der Waals surface area contributed by atoms with E-state index in [1.807, 2.05) is 0 Å². The van der Waals surface area contributed by atoms with E-state index in [-0.39, 0.29) is 16.9 Å². The normalized spacial score (nSPS) is 12.0. The largest absolute Gasteiger partial charge is 0.416 e. The lowest BCUT2D eigenvalue weighted by Crippen LogP contribution is -2.13. The third kappa shape index (κ3) is 2.29. The predicted molar refractivity (Wildman–Crippen MR) is 76.8 cm³/mol. The summed E-state index contributed by atoms with van der Waals surface area (Å²) in [5.41, 5.74) is 4.74. The van der Waals surface area contributed by atoms with E-state index >= 15 is 0 Å². The first-order chi connectivity index (χ1) is 9.88. The molecule has 0 unspecified atom stereocenters. The predicted octanol–water partition coefficient (Wildman–Crippen LogP) is 3.65. The molecule has 7 heteroatoms. The fourth-order valence-electron chi connectivity index (χ4n) is 2.05. The van der Waals surface area contributed by atoms with Crippen LogP contribution >= 0.6 is 11.5 Å². The van der Waals surface area contributed by atoms with Gasteiger partial charge in [-0.2, -0.15) is 13.2 Å². The average molecular weight is 310 g/mol. The van der Waals surface area contributed by atoms with E-state index in [0.29, 0.717) is 5.39 Å². The van der Waals surface area contributed by atoms with Crippen molar-refractivity contribution in [1.29, 1.82) is 0 Å². The van der Waals surface area contributed by atoms with E-state index in [9.17, 15) is 18.0 Å². The number of benzene rings is 2. The zero-order valence-corrected chi connectivity index (χ0v) is 11.3. The van der Waals surface area contributed by atoms with Crippen molar-refractivity contribution < 1.29 is 13.2 Å². The van der Waals surface area contributed by atoms with Gasteiger partial charge in [0.1, 0.15) is 0 Å². The highest BCUT2D eigenvalue weighted by molar-refractivity contribution is 7.14. The third-order valence-corrected chi connectivity index (χ3v) is 4.16. The first-order valence-corrected chi connectivity index (χ1v) is 6.73. The Hall–Kier alpha value is -2.28. The third-order valence-electron chi connectivity index (χ3n) is 3.07. The number of nitrogen functional groups attached to an aromatic ring is 1. The van der Waals surface area contributed by atoms with Crippen LogP contribution in [0.5, 0.6) is 0 Å². The van der Waals surface area contributed by atoms with E-state index in [1.165, 1.54) is 10.0 Å². The highest BCUT2D eigenvalue weighted by atomic mass is 32.1. The van der Waals surface area contributed by atoms with Crippen molar-refractivity contribution in [3.63, 3.8) is 0 Å². The minimum atomic E-state index is -4.46. The molecule has 0 aliphatic carbocycles. The number of aromatic nitrogens is 1. The molecule has 0 aliphatic heterocycles. The SMILES string of the molecule is Nc1cc(C(F)(F)F)ccc1-n1sc2ccccc2c1=O. The smallest absolute Gasteiger partial charge is 0.397 e. The van der Waals surface area contributed by atoms with Crippen molar-refractivity contribution in [2.75, 3.05) is 5.73 Å². The maximum atomic E-state index is 12.6. The highest BCUT2D eigenvalue weighted by Gasteiger charge is 2.31. The standard InChI is InChI=1S/C14H9F3N2OS/c15-14(16,17)8-5-6-11(10(18)7-8)19-13(20)9-3-1-2-4-12(9)21-19/h1-7H,18H2. The fourth-order valence-corrected chi connectivity index (χ4v) is 3.08. The number of anilines is 1. The highest BCUT2D eigenvalue weighted by Crippen LogP contribution is 2.33. The number of hydrogen-bond donors (Lipinski definition) is 1. The Bertz CT molecular complexity index is 880. The molecule has 1 aromatic heterocycles. The van der Waals surface area contributed by atoms with E-state index in [2.05, 4.69) is 0 Å². The second-order valence-electron chi connectivity index (χ2n) is 4.46. The van der Waals surface area contributed by atoms with Crippen LogP contribution in [0.4, 0.5) is 18.9 Å². The van der Waals surface area contributed by atoms with Gasteiger partial charge in [0.25, 0.3) is 5.56 Å². The molecular weight excluding hydrogens is 301 g/mol. The van der Waals surface area contributed by atoms with E-state index in [1.54, 1.807) is 24.3 Å². The Kier molecular flexibility index (Phi) is 3.02. The zero-order chi connectivity index (χ0) is 15.2. The fraction of sp³-hybridized carbons (Fsp3) is 0.0714. The first kappa shape index (κ1) is 13.7. The van der Waals surface area contributed by atoms with Crippen LogP contribution in [0.1, 0.15) is 5.56 Å².